The lowest BCUT2D eigenvalue weighted by atomic mass is 9.91. The number of nitrogens with one attached hydrogen (secondary N) is 2. The van der Waals surface area contributed by atoms with Crippen molar-refractivity contribution in [1.29, 1.82) is 0 Å². The number of aliphatic hydroxyl groups is 2. The minimum atomic E-state index is -1.45. The van der Waals surface area contributed by atoms with E-state index in [2.05, 4.69) is 10.6 Å². The van der Waals surface area contributed by atoms with Crippen LogP contribution in [0.15, 0.2) is 78.9 Å². The molecular formula is C34H39N3O5. The fraction of sp³-hybridized carbons (Fsp3) is 0.382. The van der Waals surface area contributed by atoms with Crippen LogP contribution in [0, 0.1) is 12.8 Å². The van der Waals surface area contributed by atoms with Gasteiger partial charge >= 0.3 is 0 Å². The van der Waals surface area contributed by atoms with Crippen molar-refractivity contribution in [2.75, 3.05) is 6.54 Å². The van der Waals surface area contributed by atoms with Crippen molar-refractivity contribution in [1.82, 2.24) is 15.5 Å². The summed E-state index contributed by atoms with van der Waals surface area (Å²) in [7, 11) is 0. The molecule has 2 aliphatic rings. The minimum absolute atomic E-state index is 0.0991. The third kappa shape index (κ3) is 6.72. The Kier molecular flexibility index (Phi) is 9.35. The first kappa shape index (κ1) is 29.5. The zero-order valence-electron chi connectivity index (χ0n) is 23.9. The predicted octanol–water partition coefficient (Wildman–Crippen LogP) is 2.99. The molecule has 8 nitrogen and oxygen atoms in total. The first-order chi connectivity index (χ1) is 20.3. The number of nitrogens with zero attached hydrogens (tertiary/aromatic N) is 1. The number of carbonyl (C=O) groups is 3. The normalized spacial score (nSPS) is 20.9. The van der Waals surface area contributed by atoms with Crippen molar-refractivity contribution in [2.24, 2.45) is 5.92 Å². The van der Waals surface area contributed by atoms with E-state index in [1.807, 2.05) is 85.8 Å². The van der Waals surface area contributed by atoms with Crippen LogP contribution in [-0.4, -0.2) is 57.6 Å². The molecule has 1 aliphatic heterocycles. The van der Waals surface area contributed by atoms with E-state index in [-0.39, 0.29) is 18.2 Å². The molecule has 5 atom stereocenters. The number of amides is 3. The summed E-state index contributed by atoms with van der Waals surface area (Å²) in [6.45, 7) is 2.72. The molecule has 0 aromatic heterocycles. The monoisotopic (exact) mass is 569 g/mol. The van der Waals surface area contributed by atoms with Gasteiger partial charge in [0.05, 0.1) is 12.1 Å². The average molecular weight is 570 g/mol. The van der Waals surface area contributed by atoms with Crippen LogP contribution < -0.4 is 10.6 Å². The van der Waals surface area contributed by atoms with E-state index >= 15 is 0 Å². The van der Waals surface area contributed by atoms with E-state index in [9.17, 15) is 24.6 Å². The molecule has 0 radical (unpaired) electrons. The number of fused-ring (bicyclic) bond motifs is 1. The van der Waals surface area contributed by atoms with E-state index < -0.39 is 36.1 Å². The van der Waals surface area contributed by atoms with Crippen molar-refractivity contribution in [3.63, 3.8) is 0 Å². The summed E-state index contributed by atoms with van der Waals surface area (Å²) in [6, 6.07) is 23.7. The Hall–Kier alpha value is -4.01. The molecule has 8 heteroatoms. The van der Waals surface area contributed by atoms with Crippen molar-refractivity contribution >= 4 is 17.7 Å². The molecule has 0 saturated carbocycles. The summed E-state index contributed by atoms with van der Waals surface area (Å²) in [6.07, 6.45) is -0.346. The molecule has 0 spiro atoms. The molecule has 3 aromatic rings. The Bertz CT molecular complexity index is 1410. The Labute approximate surface area is 246 Å². The highest BCUT2D eigenvalue weighted by Gasteiger charge is 2.39. The van der Waals surface area contributed by atoms with Gasteiger partial charge < -0.3 is 25.7 Å². The number of aliphatic hydroxyl groups excluding tert-OH is 2. The molecule has 3 amide bonds. The number of hydrogen-bond donors (Lipinski definition) is 4. The van der Waals surface area contributed by atoms with Crippen molar-refractivity contribution in [2.45, 2.75) is 69.9 Å². The molecule has 1 heterocycles. The van der Waals surface area contributed by atoms with Gasteiger partial charge in [-0.1, -0.05) is 78.9 Å². The maximum atomic E-state index is 13.6. The third-order valence-electron chi connectivity index (χ3n) is 8.54. The van der Waals surface area contributed by atoms with Gasteiger partial charge in [-0.05, 0) is 60.4 Å². The Morgan fingerprint density at radius 1 is 0.976 bits per heavy atom. The van der Waals surface area contributed by atoms with Gasteiger partial charge in [0, 0.05) is 25.4 Å². The molecule has 220 valence electrons. The van der Waals surface area contributed by atoms with Crippen LogP contribution >= 0.6 is 0 Å². The second-order valence-electron chi connectivity index (χ2n) is 11.4. The lowest BCUT2D eigenvalue weighted by molar-refractivity contribution is -0.146. The molecule has 5 rings (SSSR count). The second-order valence-corrected chi connectivity index (χ2v) is 11.4. The number of rotatable bonds is 10. The van der Waals surface area contributed by atoms with E-state index in [1.54, 1.807) is 0 Å². The first-order valence-corrected chi connectivity index (χ1v) is 14.7. The van der Waals surface area contributed by atoms with Crippen molar-refractivity contribution in [3.05, 3.63) is 107 Å². The van der Waals surface area contributed by atoms with Gasteiger partial charge in [0.15, 0.2) is 0 Å². The first-order valence-electron chi connectivity index (χ1n) is 14.7. The summed E-state index contributed by atoms with van der Waals surface area (Å²) in [4.78, 5) is 41.7. The second kappa shape index (κ2) is 13.3. The molecule has 3 aromatic carbocycles. The van der Waals surface area contributed by atoms with Gasteiger partial charge in [0.1, 0.15) is 12.1 Å². The highest BCUT2D eigenvalue weighted by molar-refractivity contribution is 5.90. The van der Waals surface area contributed by atoms with E-state index in [0.29, 0.717) is 38.8 Å². The Morgan fingerprint density at radius 2 is 1.69 bits per heavy atom. The van der Waals surface area contributed by atoms with Crippen molar-refractivity contribution < 1.29 is 24.6 Å². The van der Waals surface area contributed by atoms with Crippen LogP contribution in [0.4, 0.5) is 0 Å². The number of hydrogen-bond acceptors (Lipinski definition) is 5. The van der Waals surface area contributed by atoms with Crippen LogP contribution in [-0.2, 0) is 33.8 Å². The molecule has 0 bridgehead atoms. The van der Waals surface area contributed by atoms with Gasteiger partial charge in [-0.15, -0.1) is 0 Å². The quantitative estimate of drug-likeness (QED) is 0.299. The fourth-order valence-corrected chi connectivity index (χ4v) is 6.17. The van der Waals surface area contributed by atoms with Gasteiger partial charge in [-0.25, -0.2) is 0 Å². The summed E-state index contributed by atoms with van der Waals surface area (Å²) >= 11 is 0. The smallest absolute Gasteiger partial charge is 0.252 e. The SMILES string of the molecule is Cc1ccccc1CNC(=O)[C@@H]1CCCN1C(=O)[C@@H](O)C[C@@H](Cc1ccccc1)C(=O)N[C@H]1c2ccccc2C[C@H]1O. The number of aryl methyl sites for hydroxylation is 1. The maximum Gasteiger partial charge on any atom is 0.252 e. The third-order valence-corrected chi connectivity index (χ3v) is 8.54. The molecule has 1 fully saturated rings. The standard InChI is InChI=1S/C34H39N3O5/c1-22-10-5-6-14-25(22)21-35-33(41)28-16-9-17-37(28)34(42)30(39)20-26(18-23-11-3-2-4-12-23)32(40)36-31-27-15-8-7-13-24(27)19-29(31)38/h2-8,10-15,26,28-31,38-39H,9,16-21H2,1H3,(H,35,41)(H,36,40)/t26-,28+,29-,30+,31+/m1/s1. The zero-order valence-corrected chi connectivity index (χ0v) is 23.9. The highest BCUT2D eigenvalue weighted by Crippen LogP contribution is 2.32. The highest BCUT2D eigenvalue weighted by atomic mass is 16.3. The summed E-state index contributed by atoms with van der Waals surface area (Å²) in [5.41, 5.74) is 4.85. The van der Waals surface area contributed by atoms with Gasteiger partial charge in [-0.2, -0.15) is 0 Å². The van der Waals surface area contributed by atoms with Gasteiger partial charge in [0.2, 0.25) is 11.8 Å². The zero-order chi connectivity index (χ0) is 29.6. The minimum Gasteiger partial charge on any atom is -0.390 e. The molecule has 1 saturated heterocycles. The van der Waals surface area contributed by atoms with Crippen LogP contribution in [0.5, 0.6) is 0 Å². The van der Waals surface area contributed by atoms with Crippen LogP contribution in [0.25, 0.3) is 0 Å². The number of likely N-dealkylation sites (tertiary alicyclic amines) is 1. The van der Waals surface area contributed by atoms with Crippen LogP contribution in [0.1, 0.15) is 53.1 Å². The lowest BCUT2D eigenvalue weighted by Crippen LogP contribution is -2.50. The Balaban J connectivity index is 1.26. The molecule has 42 heavy (non-hydrogen) atoms. The summed E-state index contributed by atoms with van der Waals surface area (Å²) < 4.78 is 0. The number of carbonyl (C=O) groups excluding carboxylic acids is 3. The van der Waals surface area contributed by atoms with E-state index in [1.165, 1.54) is 4.90 Å². The predicted molar refractivity (Wildman–Crippen MR) is 159 cm³/mol. The topological polar surface area (TPSA) is 119 Å². The summed E-state index contributed by atoms with van der Waals surface area (Å²) in [5, 5.41) is 27.8. The van der Waals surface area contributed by atoms with Crippen LogP contribution in [0.2, 0.25) is 0 Å². The maximum absolute atomic E-state index is 13.6. The largest absolute Gasteiger partial charge is 0.390 e. The van der Waals surface area contributed by atoms with Gasteiger partial charge in [0.25, 0.3) is 5.91 Å². The molecule has 1 aliphatic carbocycles. The molecule has 0 unspecified atom stereocenters. The summed E-state index contributed by atoms with van der Waals surface area (Å²) in [5.74, 6) is -1.84. The van der Waals surface area contributed by atoms with E-state index in [0.717, 1.165) is 27.8 Å². The van der Waals surface area contributed by atoms with Crippen LogP contribution in [0.3, 0.4) is 0 Å². The van der Waals surface area contributed by atoms with E-state index in [4.69, 9.17) is 0 Å². The number of benzene rings is 3. The Morgan fingerprint density at radius 3 is 2.48 bits per heavy atom. The molecular weight excluding hydrogens is 530 g/mol. The average Bonchev–Trinajstić information content (AvgIpc) is 3.61. The lowest BCUT2D eigenvalue weighted by Gasteiger charge is -2.28. The van der Waals surface area contributed by atoms with Crippen molar-refractivity contribution in [3.8, 4) is 0 Å². The van der Waals surface area contributed by atoms with Gasteiger partial charge in [-0.3, -0.25) is 14.4 Å². The molecule has 4 N–H and O–H groups in total. The fourth-order valence-electron chi connectivity index (χ4n) is 6.17.